The molecular weight excluding hydrogens is 258 g/mol. The van der Waals surface area contributed by atoms with E-state index in [1.807, 2.05) is 31.2 Å². The van der Waals surface area contributed by atoms with Crippen LogP contribution in [-0.4, -0.2) is 17.6 Å². The quantitative estimate of drug-likeness (QED) is 0.650. The van der Waals surface area contributed by atoms with Crippen LogP contribution in [-0.2, 0) is 6.54 Å². The standard InChI is InChI=1S/C15H15NO2S/c1-2-3-6-9-16-10-12-11-7-4-5-8-13(11)19-14(12)15(17)18/h4-5,7-8,16H,6,9-10H2,1H3,(H,17,18). The molecule has 0 radical (unpaired) electrons. The largest absolute Gasteiger partial charge is 0.477 e. The van der Waals surface area contributed by atoms with E-state index in [2.05, 4.69) is 17.2 Å². The van der Waals surface area contributed by atoms with E-state index < -0.39 is 5.97 Å². The molecule has 1 aromatic carbocycles. The highest BCUT2D eigenvalue weighted by atomic mass is 32.1. The third-order valence-electron chi connectivity index (χ3n) is 2.80. The van der Waals surface area contributed by atoms with Crippen molar-refractivity contribution in [3.8, 4) is 11.8 Å². The minimum absolute atomic E-state index is 0.426. The summed E-state index contributed by atoms with van der Waals surface area (Å²) in [6.45, 7) is 3.15. The smallest absolute Gasteiger partial charge is 0.346 e. The Hall–Kier alpha value is -1.83. The third kappa shape index (κ3) is 3.14. The number of carboxylic acid groups (broad SMARTS) is 1. The minimum Gasteiger partial charge on any atom is -0.477 e. The molecule has 19 heavy (non-hydrogen) atoms. The van der Waals surface area contributed by atoms with Gasteiger partial charge in [-0.1, -0.05) is 18.2 Å². The summed E-state index contributed by atoms with van der Waals surface area (Å²) in [6, 6.07) is 7.80. The summed E-state index contributed by atoms with van der Waals surface area (Å²) in [7, 11) is 0. The fraction of sp³-hybridized carbons (Fsp3) is 0.267. The molecule has 0 aliphatic rings. The average Bonchev–Trinajstić information content (AvgIpc) is 2.78. The van der Waals surface area contributed by atoms with Crippen molar-refractivity contribution in [3.05, 3.63) is 34.7 Å². The Morgan fingerprint density at radius 2 is 2.21 bits per heavy atom. The molecule has 0 aliphatic carbocycles. The van der Waals surface area contributed by atoms with E-state index in [1.54, 1.807) is 0 Å². The predicted molar refractivity (Wildman–Crippen MR) is 78.6 cm³/mol. The molecule has 0 saturated carbocycles. The molecule has 2 N–H and O–H groups in total. The van der Waals surface area contributed by atoms with Crippen LogP contribution in [0.2, 0.25) is 0 Å². The molecule has 0 saturated heterocycles. The Labute approximate surface area is 116 Å². The summed E-state index contributed by atoms with van der Waals surface area (Å²) >= 11 is 1.33. The van der Waals surface area contributed by atoms with Gasteiger partial charge in [-0.05, 0) is 23.9 Å². The van der Waals surface area contributed by atoms with Crippen molar-refractivity contribution in [3.63, 3.8) is 0 Å². The number of hydrogen-bond donors (Lipinski definition) is 2. The van der Waals surface area contributed by atoms with E-state index in [4.69, 9.17) is 0 Å². The van der Waals surface area contributed by atoms with Crippen LogP contribution in [0.4, 0.5) is 0 Å². The van der Waals surface area contributed by atoms with Gasteiger partial charge in [0.1, 0.15) is 4.88 Å². The van der Waals surface area contributed by atoms with Crippen LogP contribution in [0.5, 0.6) is 0 Å². The third-order valence-corrected chi connectivity index (χ3v) is 4.00. The van der Waals surface area contributed by atoms with Crippen LogP contribution < -0.4 is 5.32 Å². The second-order valence-electron chi connectivity index (χ2n) is 4.06. The minimum atomic E-state index is -0.855. The lowest BCUT2D eigenvalue weighted by molar-refractivity contribution is 0.0701. The molecule has 0 unspecified atom stereocenters. The van der Waals surface area contributed by atoms with Gasteiger partial charge in [-0.3, -0.25) is 0 Å². The Morgan fingerprint density at radius 1 is 1.42 bits per heavy atom. The van der Waals surface area contributed by atoms with Crippen LogP contribution in [0.15, 0.2) is 24.3 Å². The zero-order chi connectivity index (χ0) is 13.7. The fourth-order valence-electron chi connectivity index (χ4n) is 1.94. The van der Waals surface area contributed by atoms with E-state index in [9.17, 15) is 9.90 Å². The van der Waals surface area contributed by atoms with Gasteiger partial charge >= 0.3 is 5.97 Å². The van der Waals surface area contributed by atoms with E-state index in [0.717, 1.165) is 28.6 Å². The van der Waals surface area contributed by atoms with E-state index in [1.165, 1.54) is 11.3 Å². The van der Waals surface area contributed by atoms with Crippen LogP contribution in [0, 0.1) is 11.8 Å². The van der Waals surface area contributed by atoms with Crippen LogP contribution >= 0.6 is 11.3 Å². The van der Waals surface area contributed by atoms with Gasteiger partial charge in [0.2, 0.25) is 0 Å². The Morgan fingerprint density at radius 3 is 2.95 bits per heavy atom. The molecule has 0 aliphatic heterocycles. The van der Waals surface area contributed by atoms with Crippen molar-refractivity contribution in [2.45, 2.75) is 19.9 Å². The Kier molecular flexibility index (Phi) is 4.56. The van der Waals surface area contributed by atoms with Gasteiger partial charge in [-0.25, -0.2) is 4.79 Å². The van der Waals surface area contributed by atoms with Crippen molar-refractivity contribution in [1.29, 1.82) is 0 Å². The lowest BCUT2D eigenvalue weighted by Gasteiger charge is -2.03. The molecule has 0 fully saturated rings. The number of carboxylic acids is 1. The average molecular weight is 273 g/mol. The van der Waals surface area contributed by atoms with Crippen molar-refractivity contribution in [2.75, 3.05) is 6.54 Å². The van der Waals surface area contributed by atoms with Gasteiger partial charge in [-0.15, -0.1) is 23.2 Å². The first-order valence-electron chi connectivity index (χ1n) is 6.08. The molecule has 2 aromatic rings. The number of carbonyl (C=O) groups is 1. The summed E-state index contributed by atoms with van der Waals surface area (Å²) in [6.07, 6.45) is 0.779. The number of nitrogens with one attached hydrogen (secondary N) is 1. The van der Waals surface area contributed by atoms with Crippen LogP contribution in [0.3, 0.4) is 0 Å². The number of thiophene rings is 1. The summed E-state index contributed by atoms with van der Waals surface area (Å²) in [5, 5.41) is 13.5. The van der Waals surface area contributed by atoms with Gasteiger partial charge in [0.05, 0.1) is 0 Å². The molecule has 3 nitrogen and oxygen atoms in total. The maximum absolute atomic E-state index is 11.3. The van der Waals surface area contributed by atoms with Crippen LogP contribution in [0.25, 0.3) is 10.1 Å². The van der Waals surface area contributed by atoms with E-state index in [-0.39, 0.29) is 0 Å². The van der Waals surface area contributed by atoms with Crippen molar-refractivity contribution in [2.24, 2.45) is 0 Å². The van der Waals surface area contributed by atoms with Crippen molar-refractivity contribution in [1.82, 2.24) is 5.32 Å². The predicted octanol–water partition coefficient (Wildman–Crippen LogP) is 3.10. The van der Waals surface area contributed by atoms with Gasteiger partial charge < -0.3 is 10.4 Å². The molecule has 0 spiro atoms. The maximum Gasteiger partial charge on any atom is 0.346 e. The first kappa shape index (κ1) is 13.6. The maximum atomic E-state index is 11.3. The normalized spacial score (nSPS) is 10.2. The van der Waals surface area contributed by atoms with Gasteiger partial charge in [0, 0.05) is 24.2 Å². The highest BCUT2D eigenvalue weighted by molar-refractivity contribution is 7.21. The highest BCUT2D eigenvalue weighted by Crippen LogP contribution is 2.31. The number of rotatable bonds is 5. The monoisotopic (exact) mass is 273 g/mol. The summed E-state index contributed by atoms with van der Waals surface area (Å²) in [5.41, 5.74) is 0.873. The number of aromatic carboxylic acids is 1. The summed E-state index contributed by atoms with van der Waals surface area (Å²) in [5.74, 6) is 4.96. The Bertz CT molecular complexity index is 649. The first-order valence-corrected chi connectivity index (χ1v) is 6.89. The molecule has 2 rings (SSSR count). The number of hydrogen-bond acceptors (Lipinski definition) is 3. The van der Waals surface area contributed by atoms with Crippen LogP contribution in [0.1, 0.15) is 28.6 Å². The van der Waals surface area contributed by atoms with Gasteiger partial charge in [0.15, 0.2) is 0 Å². The first-order chi connectivity index (χ1) is 9.24. The molecular formula is C15H15NO2S. The molecule has 0 amide bonds. The summed E-state index contributed by atoms with van der Waals surface area (Å²) < 4.78 is 1.02. The van der Waals surface area contributed by atoms with Gasteiger partial charge in [-0.2, -0.15) is 0 Å². The molecule has 4 heteroatoms. The lowest BCUT2D eigenvalue weighted by atomic mass is 10.1. The fourth-order valence-corrected chi connectivity index (χ4v) is 3.00. The Balaban J connectivity index is 2.21. The molecule has 1 aromatic heterocycles. The summed E-state index contributed by atoms with van der Waals surface area (Å²) in [4.78, 5) is 11.7. The lowest BCUT2D eigenvalue weighted by Crippen LogP contribution is -2.15. The highest BCUT2D eigenvalue weighted by Gasteiger charge is 2.16. The zero-order valence-electron chi connectivity index (χ0n) is 10.7. The van der Waals surface area contributed by atoms with E-state index >= 15 is 0 Å². The molecule has 0 bridgehead atoms. The number of fused-ring (bicyclic) bond motifs is 1. The second kappa shape index (κ2) is 6.37. The number of benzene rings is 1. The molecule has 1 heterocycles. The van der Waals surface area contributed by atoms with Gasteiger partial charge in [0.25, 0.3) is 0 Å². The molecule has 0 atom stereocenters. The van der Waals surface area contributed by atoms with Crippen molar-refractivity contribution >= 4 is 27.4 Å². The van der Waals surface area contributed by atoms with Crippen molar-refractivity contribution < 1.29 is 9.90 Å². The molecule has 98 valence electrons. The SMILES string of the molecule is CC#CCCNCc1c(C(=O)O)sc2ccccc12. The van der Waals surface area contributed by atoms with E-state index in [0.29, 0.717) is 11.4 Å². The zero-order valence-corrected chi connectivity index (χ0v) is 11.5. The topological polar surface area (TPSA) is 49.3 Å². The second-order valence-corrected chi connectivity index (χ2v) is 5.12.